The SMILES string of the molecule is CCOc1ccccc1/C=C1\Oc2c(ccc3c2CN(CCOC)CO3)C1=O. The number of rotatable bonds is 6. The molecule has 28 heavy (non-hydrogen) atoms. The molecule has 0 radical (unpaired) electrons. The van der Waals surface area contributed by atoms with Gasteiger partial charge in [0.15, 0.2) is 5.76 Å². The van der Waals surface area contributed by atoms with Gasteiger partial charge in [-0.25, -0.2) is 0 Å². The Labute approximate surface area is 164 Å². The maximum Gasteiger partial charge on any atom is 0.231 e. The van der Waals surface area contributed by atoms with Crippen molar-refractivity contribution in [2.45, 2.75) is 13.5 Å². The van der Waals surface area contributed by atoms with Crippen LogP contribution in [-0.2, 0) is 11.3 Å². The number of fused-ring (bicyclic) bond motifs is 3. The first-order valence-corrected chi connectivity index (χ1v) is 9.37. The first-order chi connectivity index (χ1) is 13.7. The van der Waals surface area contributed by atoms with Crippen LogP contribution < -0.4 is 14.2 Å². The van der Waals surface area contributed by atoms with Crippen LogP contribution >= 0.6 is 0 Å². The molecule has 0 aromatic heterocycles. The summed E-state index contributed by atoms with van der Waals surface area (Å²) in [6.45, 7) is 4.99. The molecule has 0 amide bonds. The monoisotopic (exact) mass is 381 g/mol. The summed E-state index contributed by atoms with van der Waals surface area (Å²) in [5, 5.41) is 0. The molecule has 0 unspecified atom stereocenters. The molecule has 4 rings (SSSR count). The number of ether oxygens (including phenoxy) is 4. The van der Waals surface area contributed by atoms with Crippen LogP contribution in [0.2, 0.25) is 0 Å². The minimum Gasteiger partial charge on any atom is -0.493 e. The number of methoxy groups -OCH3 is 1. The standard InChI is InChI=1S/C22H23NO5/c1-3-26-18-7-5-4-6-15(18)12-20-21(24)16-8-9-19-17(22(16)28-20)13-23(14-27-19)10-11-25-2/h4-9,12H,3,10-11,13-14H2,1-2H3/b20-12-. The lowest BCUT2D eigenvalue weighted by atomic mass is 10.0. The van der Waals surface area contributed by atoms with Gasteiger partial charge < -0.3 is 18.9 Å². The van der Waals surface area contributed by atoms with Gasteiger partial charge in [0.05, 0.1) is 24.3 Å². The average molecular weight is 381 g/mol. The molecule has 0 bridgehead atoms. The Kier molecular flexibility index (Phi) is 5.32. The van der Waals surface area contributed by atoms with Gasteiger partial charge in [0.25, 0.3) is 0 Å². The maximum absolute atomic E-state index is 12.9. The summed E-state index contributed by atoms with van der Waals surface area (Å²) in [7, 11) is 1.68. The lowest BCUT2D eigenvalue weighted by molar-refractivity contribution is 0.0646. The number of Topliss-reactive ketones (excluding diaryl/α,β-unsaturated/α-hetero) is 1. The Bertz CT molecular complexity index is 921. The second-order valence-electron chi connectivity index (χ2n) is 6.65. The number of hydrogen-bond acceptors (Lipinski definition) is 6. The zero-order valence-electron chi connectivity index (χ0n) is 16.1. The Morgan fingerprint density at radius 2 is 2.07 bits per heavy atom. The van der Waals surface area contributed by atoms with Gasteiger partial charge in [-0.15, -0.1) is 0 Å². The molecule has 146 valence electrons. The van der Waals surface area contributed by atoms with Crippen molar-refractivity contribution in [2.24, 2.45) is 0 Å². The minimum absolute atomic E-state index is 0.127. The van der Waals surface area contributed by atoms with Crippen molar-refractivity contribution in [3.05, 3.63) is 58.8 Å². The van der Waals surface area contributed by atoms with Crippen molar-refractivity contribution in [2.75, 3.05) is 33.6 Å². The summed E-state index contributed by atoms with van der Waals surface area (Å²) >= 11 is 0. The molecular formula is C22H23NO5. The number of allylic oxidation sites excluding steroid dienone is 1. The highest BCUT2D eigenvalue weighted by Gasteiger charge is 2.33. The van der Waals surface area contributed by atoms with E-state index in [9.17, 15) is 4.79 Å². The molecule has 0 fully saturated rings. The highest BCUT2D eigenvalue weighted by atomic mass is 16.5. The van der Waals surface area contributed by atoms with Gasteiger partial charge in [-0.2, -0.15) is 0 Å². The van der Waals surface area contributed by atoms with Crippen LogP contribution in [0.15, 0.2) is 42.2 Å². The number of hydrogen-bond donors (Lipinski definition) is 0. The maximum atomic E-state index is 12.9. The molecule has 0 atom stereocenters. The van der Waals surface area contributed by atoms with Crippen LogP contribution in [-0.4, -0.2) is 44.3 Å². The zero-order chi connectivity index (χ0) is 19.5. The van der Waals surface area contributed by atoms with E-state index >= 15 is 0 Å². The molecule has 0 spiro atoms. The van der Waals surface area contributed by atoms with Gasteiger partial charge in [-0.1, -0.05) is 18.2 Å². The number of nitrogens with zero attached hydrogens (tertiary/aromatic N) is 1. The Balaban J connectivity index is 1.64. The van der Waals surface area contributed by atoms with Crippen LogP contribution in [0.25, 0.3) is 6.08 Å². The predicted octanol–water partition coefficient (Wildman–Crippen LogP) is 3.50. The molecule has 6 nitrogen and oxygen atoms in total. The van der Waals surface area contributed by atoms with Crippen molar-refractivity contribution >= 4 is 11.9 Å². The lowest BCUT2D eigenvalue weighted by Gasteiger charge is -2.29. The van der Waals surface area contributed by atoms with Gasteiger partial charge in [0.1, 0.15) is 24.0 Å². The van der Waals surface area contributed by atoms with E-state index in [1.54, 1.807) is 19.3 Å². The topological polar surface area (TPSA) is 57.2 Å². The fourth-order valence-corrected chi connectivity index (χ4v) is 3.40. The summed E-state index contributed by atoms with van der Waals surface area (Å²) in [5.74, 6) is 2.24. The largest absolute Gasteiger partial charge is 0.493 e. The molecule has 0 saturated heterocycles. The van der Waals surface area contributed by atoms with Crippen molar-refractivity contribution in [3.63, 3.8) is 0 Å². The van der Waals surface area contributed by atoms with Crippen LogP contribution in [0.5, 0.6) is 17.2 Å². The summed E-state index contributed by atoms with van der Waals surface area (Å²) in [6.07, 6.45) is 1.74. The van der Waals surface area contributed by atoms with Crippen LogP contribution in [0.4, 0.5) is 0 Å². The van der Waals surface area contributed by atoms with E-state index in [1.165, 1.54) is 0 Å². The van der Waals surface area contributed by atoms with Crippen LogP contribution in [0.3, 0.4) is 0 Å². The Morgan fingerprint density at radius 1 is 1.21 bits per heavy atom. The van der Waals surface area contributed by atoms with Crippen LogP contribution in [0, 0.1) is 0 Å². The highest BCUT2D eigenvalue weighted by molar-refractivity contribution is 6.15. The molecule has 2 aromatic carbocycles. The van der Waals surface area contributed by atoms with Crippen molar-refractivity contribution < 1.29 is 23.7 Å². The van der Waals surface area contributed by atoms with E-state index in [0.29, 0.717) is 43.6 Å². The molecule has 2 heterocycles. The third-order valence-corrected chi connectivity index (χ3v) is 4.80. The van der Waals surface area contributed by atoms with E-state index in [2.05, 4.69) is 4.90 Å². The molecule has 2 aliphatic rings. The summed E-state index contributed by atoms with van der Waals surface area (Å²) < 4.78 is 22.7. The summed E-state index contributed by atoms with van der Waals surface area (Å²) in [6, 6.07) is 11.2. The first-order valence-electron chi connectivity index (χ1n) is 9.37. The quantitative estimate of drug-likeness (QED) is 0.714. The van der Waals surface area contributed by atoms with E-state index in [0.717, 1.165) is 29.2 Å². The average Bonchev–Trinajstić information content (AvgIpc) is 3.04. The molecule has 6 heteroatoms. The fourth-order valence-electron chi connectivity index (χ4n) is 3.40. The number of carbonyl (C=O) groups excluding carboxylic acids is 1. The van der Waals surface area contributed by atoms with Crippen molar-refractivity contribution in [1.29, 1.82) is 0 Å². The molecule has 2 aromatic rings. The number of ketones is 1. The smallest absolute Gasteiger partial charge is 0.231 e. The number of carbonyl (C=O) groups is 1. The molecule has 0 N–H and O–H groups in total. The molecule has 0 saturated carbocycles. The third kappa shape index (κ3) is 3.48. The molecule has 2 aliphatic heterocycles. The lowest BCUT2D eigenvalue weighted by Crippen LogP contribution is -2.34. The fraction of sp³-hybridized carbons (Fsp3) is 0.318. The van der Waals surface area contributed by atoms with Gasteiger partial charge in [0, 0.05) is 25.8 Å². The molecule has 0 aliphatic carbocycles. The zero-order valence-corrected chi connectivity index (χ0v) is 16.1. The van der Waals surface area contributed by atoms with Gasteiger partial charge in [-0.05, 0) is 31.2 Å². The highest BCUT2D eigenvalue weighted by Crippen LogP contribution is 2.42. The first kappa shape index (κ1) is 18.5. The Hall–Kier alpha value is -2.83. The van der Waals surface area contributed by atoms with E-state index in [-0.39, 0.29) is 5.78 Å². The second kappa shape index (κ2) is 8.04. The van der Waals surface area contributed by atoms with E-state index in [1.807, 2.05) is 37.3 Å². The Morgan fingerprint density at radius 3 is 2.89 bits per heavy atom. The van der Waals surface area contributed by atoms with E-state index in [4.69, 9.17) is 18.9 Å². The number of para-hydroxylation sites is 1. The number of benzene rings is 2. The summed E-state index contributed by atoms with van der Waals surface area (Å²) in [4.78, 5) is 15.0. The van der Waals surface area contributed by atoms with Gasteiger partial charge in [-0.3, -0.25) is 9.69 Å². The second-order valence-corrected chi connectivity index (χ2v) is 6.65. The minimum atomic E-state index is -0.127. The van der Waals surface area contributed by atoms with Crippen molar-refractivity contribution in [3.8, 4) is 17.2 Å². The van der Waals surface area contributed by atoms with Gasteiger partial charge in [0.2, 0.25) is 5.78 Å². The van der Waals surface area contributed by atoms with Crippen LogP contribution in [0.1, 0.15) is 28.4 Å². The predicted molar refractivity (Wildman–Crippen MR) is 105 cm³/mol. The van der Waals surface area contributed by atoms with Gasteiger partial charge >= 0.3 is 0 Å². The van der Waals surface area contributed by atoms with E-state index < -0.39 is 0 Å². The normalized spacial score (nSPS) is 17.1. The molecular weight excluding hydrogens is 358 g/mol. The third-order valence-electron chi connectivity index (χ3n) is 4.80. The van der Waals surface area contributed by atoms with Crippen molar-refractivity contribution in [1.82, 2.24) is 4.90 Å². The summed E-state index contributed by atoms with van der Waals surface area (Å²) in [5.41, 5.74) is 2.28.